The van der Waals surface area contributed by atoms with Gasteiger partial charge in [-0.3, -0.25) is 0 Å². The molecule has 0 aliphatic carbocycles. The first-order valence-corrected chi connectivity index (χ1v) is 6.60. The Bertz CT molecular complexity index is 743. The molecule has 0 N–H and O–H groups in total. The zero-order chi connectivity index (χ0) is 12.8. The Kier molecular flexibility index (Phi) is 2.26. The smallest absolute Gasteiger partial charge is 0.141 e. The molecule has 0 saturated heterocycles. The number of nitrogens with zero attached hydrogens (tertiary/aromatic N) is 2. The van der Waals surface area contributed by atoms with Crippen LogP contribution < -0.4 is 0 Å². The molecule has 0 amide bonds. The molecule has 4 rings (SSSR count). The second kappa shape index (κ2) is 3.97. The molecular weight excluding hydrogens is 256 g/mol. The number of rotatable bonds is 1. The molecule has 3 aromatic rings. The van der Waals surface area contributed by atoms with Gasteiger partial charge in [-0.1, -0.05) is 48.0 Å². The van der Waals surface area contributed by atoms with E-state index in [4.69, 9.17) is 11.6 Å². The van der Waals surface area contributed by atoms with Crippen molar-refractivity contribution in [1.29, 1.82) is 0 Å². The summed E-state index contributed by atoms with van der Waals surface area (Å²) in [4.78, 5) is 4.47. The first-order chi connectivity index (χ1) is 9.34. The molecule has 19 heavy (non-hydrogen) atoms. The Morgan fingerprint density at radius 1 is 1.00 bits per heavy atom. The summed E-state index contributed by atoms with van der Waals surface area (Å²) in [6.07, 6.45) is 3.89. The summed E-state index contributed by atoms with van der Waals surface area (Å²) >= 11 is 5.98. The first-order valence-electron chi connectivity index (χ1n) is 6.22. The molecule has 0 saturated carbocycles. The average Bonchev–Trinajstić information content (AvgIpc) is 3.00. The largest absolute Gasteiger partial charge is 0.319 e. The van der Waals surface area contributed by atoms with Crippen LogP contribution in [0.3, 0.4) is 0 Å². The van der Waals surface area contributed by atoms with E-state index in [1.807, 2.05) is 24.5 Å². The van der Waals surface area contributed by atoms with E-state index in [1.165, 1.54) is 16.7 Å². The van der Waals surface area contributed by atoms with Gasteiger partial charge in [0.05, 0.1) is 6.04 Å². The molecule has 3 heteroatoms. The molecule has 1 aromatic heterocycles. The topological polar surface area (TPSA) is 17.8 Å². The van der Waals surface area contributed by atoms with Crippen LogP contribution in [0.4, 0.5) is 0 Å². The summed E-state index contributed by atoms with van der Waals surface area (Å²) < 4.78 is 2.22. The lowest BCUT2D eigenvalue weighted by atomic mass is 9.98. The minimum Gasteiger partial charge on any atom is -0.319 e. The Hall–Kier alpha value is -2.06. The van der Waals surface area contributed by atoms with E-state index in [2.05, 4.69) is 45.9 Å². The normalized spacial score (nSPS) is 16.2. The SMILES string of the molecule is Clc1ccc(C2c3ccccc3-c3nccn32)cc1. The van der Waals surface area contributed by atoms with Crippen LogP contribution in [0.25, 0.3) is 11.4 Å². The van der Waals surface area contributed by atoms with E-state index in [0.29, 0.717) is 0 Å². The number of halogens is 1. The van der Waals surface area contributed by atoms with Crippen molar-refractivity contribution in [1.82, 2.24) is 9.55 Å². The molecule has 1 atom stereocenters. The number of hydrogen-bond acceptors (Lipinski definition) is 1. The fourth-order valence-electron chi connectivity index (χ4n) is 2.80. The van der Waals surface area contributed by atoms with Crippen LogP contribution >= 0.6 is 11.6 Å². The number of hydrogen-bond donors (Lipinski definition) is 0. The third kappa shape index (κ3) is 1.53. The summed E-state index contributed by atoms with van der Waals surface area (Å²) in [5.41, 5.74) is 3.74. The molecule has 0 fully saturated rings. The summed E-state index contributed by atoms with van der Waals surface area (Å²) in [5, 5.41) is 0.765. The second-order valence-electron chi connectivity index (χ2n) is 4.70. The van der Waals surface area contributed by atoms with Crippen molar-refractivity contribution in [3.8, 4) is 11.4 Å². The van der Waals surface area contributed by atoms with Gasteiger partial charge in [0.1, 0.15) is 5.82 Å². The number of benzene rings is 2. The van der Waals surface area contributed by atoms with Gasteiger partial charge >= 0.3 is 0 Å². The van der Waals surface area contributed by atoms with E-state index in [9.17, 15) is 0 Å². The van der Waals surface area contributed by atoms with Crippen LogP contribution in [0.15, 0.2) is 60.9 Å². The minimum absolute atomic E-state index is 0.200. The highest BCUT2D eigenvalue weighted by molar-refractivity contribution is 6.30. The van der Waals surface area contributed by atoms with Gasteiger partial charge in [0.15, 0.2) is 0 Å². The Balaban J connectivity index is 1.96. The van der Waals surface area contributed by atoms with Crippen molar-refractivity contribution in [3.05, 3.63) is 77.1 Å². The average molecular weight is 267 g/mol. The molecule has 92 valence electrons. The second-order valence-corrected chi connectivity index (χ2v) is 5.14. The van der Waals surface area contributed by atoms with Crippen LogP contribution in [-0.4, -0.2) is 9.55 Å². The van der Waals surface area contributed by atoms with Gasteiger partial charge in [-0.05, 0) is 23.3 Å². The molecule has 2 nitrogen and oxygen atoms in total. The predicted octanol–water partition coefficient (Wildman–Crippen LogP) is 4.15. The Labute approximate surface area is 116 Å². The van der Waals surface area contributed by atoms with Gasteiger partial charge < -0.3 is 4.57 Å². The summed E-state index contributed by atoms with van der Waals surface area (Å²) in [6.45, 7) is 0. The summed E-state index contributed by atoms with van der Waals surface area (Å²) in [6, 6.07) is 16.7. The van der Waals surface area contributed by atoms with Crippen LogP contribution in [-0.2, 0) is 0 Å². The quantitative estimate of drug-likeness (QED) is 0.506. The summed E-state index contributed by atoms with van der Waals surface area (Å²) in [5.74, 6) is 1.04. The maximum Gasteiger partial charge on any atom is 0.141 e. The molecular formula is C16H11ClN2. The Morgan fingerprint density at radius 2 is 1.79 bits per heavy atom. The van der Waals surface area contributed by atoms with Gasteiger partial charge in [-0.25, -0.2) is 4.98 Å². The van der Waals surface area contributed by atoms with Gasteiger partial charge in [-0.2, -0.15) is 0 Å². The van der Waals surface area contributed by atoms with Crippen molar-refractivity contribution >= 4 is 11.6 Å². The summed E-state index contributed by atoms with van der Waals surface area (Å²) in [7, 11) is 0. The van der Waals surface area contributed by atoms with Crippen molar-refractivity contribution in [3.63, 3.8) is 0 Å². The lowest BCUT2D eigenvalue weighted by Crippen LogP contribution is -2.06. The van der Waals surface area contributed by atoms with E-state index >= 15 is 0 Å². The fourth-order valence-corrected chi connectivity index (χ4v) is 2.93. The standard InChI is InChI=1S/C16H11ClN2/c17-12-7-5-11(6-8-12)15-13-3-1-2-4-14(13)16-18-9-10-19(15)16/h1-10,15H. The van der Waals surface area contributed by atoms with E-state index in [-0.39, 0.29) is 6.04 Å². The van der Waals surface area contributed by atoms with E-state index < -0.39 is 0 Å². The van der Waals surface area contributed by atoms with Crippen LogP contribution in [0.2, 0.25) is 5.02 Å². The lowest BCUT2D eigenvalue weighted by molar-refractivity contribution is 0.716. The number of fused-ring (bicyclic) bond motifs is 3. The first kappa shape index (κ1) is 10.8. The van der Waals surface area contributed by atoms with Crippen molar-refractivity contribution in [2.75, 3.05) is 0 Å². The van der Waals surface area contributed by atoms with Crippen molar-refractivity contribution in [2.45, 2.75) is 6.04 Å². The molecule has 1 aliphatic heterocycles. The highest BCUT2D eigenvalue weighted by Gasteiger charge is 2.29. The third-order valence-corrected chi connectivity index (χ3v) is 3.88. The van der Waals surface area contributed by atoms with Gasteiger partial charge in [0.2, 0.25) is 0 Å². The van der Waals surface area contributed by atoms with Crippen LogP contribution in [0.5, 0.6) is 0 Å². The maximum absolute atomic E-state index is 5.98. The van der Waals surface area contributed by atoms with Crippen molar-refractivity contribution in [2.24, 2.45) is 0 Å². The highest BCUT2D eigenvalue weighted by Crippen LogP contribution is 2.41. The highest BCUT2D eigenvalue weighted by atomic mass is 35.5. The maximum atomic E-state index is 5.98. The number of imidazole rings is 1. The molecule has 0 spiro atoms. The third-order valence-electron chi connectivity index (χ3n) is 3.63. The molecule has 2 heterocycles. The molecule has 2 aromatic carbocycles. The molecule has 0 bridgehead atoms. The minimum atomic E-state index is 0.200. The van der Waals surface area contributed by atoms with Gasteiger partial charge in [0, 0.05) is 23.0 Å². The zero-order valence-electron chi connectivity index (χ0n) is 10.1. The molecule has 1 unspecified atom stereocenters. The number of aromatic nitrogens is 2. The zero-order valence-corrected chi connectivity index (χ0v) is 10.9. The van der Waals surface area contributed by atoms with E-state index in [1.54, 1.807) is 0 Å². The van der Waals surface area contributed by atoms with E-state index in [0.717, 1.165) is 10.8 Å². The van der Waals surface area contributed by atoms with Crippen LogP contribution in [0, 0.1) is 0 Å². The monoisotopic (exact) mass is 266 g/mol. The fraction of sp³-hybridized carbons (Fsp3) is 0.0625. The Morgan fingerprint density at radius 3 is 2.63 bits per heavy atom. The van der Waals surface area contributed by atoms with Crippen LogP contribution in [0.1, 0.15) is 17.2 Å². The predicted molar refractivity (Wildman–Crippen MR) is 76.4 cm³/mol. The molecule has 0 radical (unpaired) electrons. The van der Waals surface area contributed by atoms with Crippen molar-refractivity contribution < 1.29 is 0 Å². The molecule has 1 aliphatic rings. The lowest BCUT2D eigenvalue weighted by Gasteiger charge is -2.15. The van der Waals surface area contributed by atoms with Gasteiger partial charge in [0.25, 0.3) is 0 Å². The van der Waals surface area contributed by atoms with Gasteiger partial charge in [-0.15, -0.1) is 0 Å².